The van der Waals surface area contributed by atoms with Crippen molar-refractivity contribution in [1.29, 1.82) is 0 Å². The monoisotopic (exact) mass is 256 g/mol. The van der Waals surface area contributed by atoms with Gasteiger partial charge in [-0.15, -0.1) is 0 Å². The lowest BCUT2D eigenvalue weighted by molar-refractivity contribution is 0.322. The second kappa shape index (κ2) is 6.17. The van der Waals surface area contributed by atoms with E-state index in [2.05, 4.69) is 5.32 Å². The number of aliphatic hydroxyl groups excluding tert-OH is 1. The molecule has 7 heteroatoms. The maximum absolute atomic E-state index is 12.2. The van der Waals surface area contributed by atoms with Gasteiger partial charge in [0.05, 0.1) is 6.61 Å². The SMILES string of the molecule is CCS(CCO)=S(=O)(O)N1CCNCC1. The molecule has 2 unspecified atom stereocenters. The van der Waals surface area contributed by atoms with Crippen LogP contribution < -0.4 is 5.32 Å². The largest absolute Gasteiger partial charge is 0.396 e. The third-order valence-electron chi connectivity index (χ3n) is 2.35. The molecule has 0 aromatic carbocycles. The van der Waals surface area contributed by atoms with Crippen molar-refractivity contribution < 1.29 is 13.9 Å². The van der Waals surface area contributed by atoms with Crippen LogP contribution in [0.2, 0.25) is 0 Å². The van der Waals surface area contributed by atoms with E-state index in [1.54, 1.807) is 4.31 Å². The average molecular weight is 256 g/mol. The molecule has 1 aliphatic heterocycles. The summed E-state index contributed by atoms with van der Waals surface area (Å²) in [6.07, 6.45) is 0. The zero-order valence-corrected chi connectivity index (χ0v) is 10.6. The standard InChI is InChI=1S/C8H20N2O3S2/c1-2-14(8-7-11)15(12,13)10-5-3-9-4-6-10/h9,11H,2-8H2,1H3,(H,12,13). The molecule has 0 aliphatic carbocycles. The maximum Gasteiger partial charge on any atom is 0.170 e. The van der Waals surface area contributed by atoms with E-state index in [-0.39, 0.29) is 6.61 Å². The fourth-order valence-corrected chi connectivity index (χ4v) is 6.63. The summed E-state index contributed by atoms with van der Waals surface area (Å²) in [7, 11) is -3.53. The van der Waals surface area contributed by atoms with Crippen molar-refractivity contribution in [1.82, 2.24) is 9.62 Å². The Hall–Kier alpha value is 0.340. The number of hydrogen-bond acceptors (Lipinski definition) is 3. The molecular weight excluding hydrogens is 236 g/mol. The first-order valence-corrected chi connectivity index (χ1v) is 8.69. The zero-order valence-electron chi connectivity index (χ0n) is 9.02. The summed E-state index contributed by atoms with van der Waals surface area (Å²) in [5.74, 6) is 1.08. The van der Waals surface area contributed by atoms with Crippen molar-refractivity contribution in [2.75, 3.05) is 44.3 Å². The molecule has 1 saturated heterocycles. The van der Waals surface area contributed by atoms with E-state index in [1.807, 2.05) is 6.92 Å². The van der Waals surface area contributed by atoms with Gasteiger partial charge in [0.25, 0.3) is 0 Å². The van der Waals surface area contributed by atoms with Gasteiger partial charge < -0.3 is 10.4 Å². The van der Waals surface area contributed by atoms with Crippen molar-refractivity contribution in [3.8, 4) is 0 Å². The predicted molar refractivity (Wildman–Crippen MR) is 65.1 cm³/mol. The minimum Gasteiger partial charge on any atom is -0.396 e. The minimum absolute atomic E-state index is 0.0133. The molecule has 0 radical (unpaired) electrons. The molecule has 0 saturated carbocycles. The molecule has 15 heavy (non-hydrogen) atoms. The van der Waals surface area contributed by atoms with Gasteiger partial charge in [-0.25, -0.2) is 8.51 Å². The van der Waals surface area contributed by atoms with E-state index in [9.17, 15) is 8.76 Å². The summed E-state index contributed by atoms with van der Waals surface area (Å²) in [4.78, 5) is 0. The highest BCUT2D eigenvalue weighted by Crippen LogP contribution is 2.07. The van der Waals surface area contributed by atoms with Crippen molar-refractivity contribution in [3.63, 3.8) is 0 Å². The van der Waals surface area contributed by atoms with Crippen LogP contribution in [0.25, 0.3) is 0 Å². The Kier molecular flexibility index (Phi) is 5.51. The Labute approximate surface area is 93.4 Å². The van der Waals surface area contributed by atoms with Crippen LogP contribution in [0.5, 0.6) is 0 Å². The quantitative estimate of drug-likeness (QED) is 0.610. The summed E-state index contributed by atoms with van der Waals surface area (Å²) in [5.41, 5.74) is 0. The normalized spacial score (nSPS) is 24.7. The van der Waals surface area contributed by atoms with E-state index < -0.39 is 18.4 Å². The van der Waals surface area contributed by atoms with Crippen molar-refractivity contribution in [2.45, 2.75) is 6.92 Å². The molecule has 1 rings (SSSR count). The van der Waals surface area contributed by atoms with E-state index in [0.717, 1.165) is 13.1 Å². The molecular formula is C8H20N2O3S2. The van der Waals surface area contributed by atoms with Gasteiger partial charge in [0.15, 0.2) is 8.96 Å². The highest BCUT2D eigenvalue weighted by molar-refractivity contribution is 8.43. The van der Waals surface area contributed by atoms with Crippen LogP contribution in [0.3, 0.4) is 0 Å². The fraction of sp³-hybridized carbons (Fsp3) is 1.00. The average Bonchev–Trinajstić information content (AvgIpc) is 2.27. The maximum atomic E-state index is 12.2. The zero-order chi connectivity index (χ0) is 11.3. The highest BCUT2D eigenvalue weighted by Gasteiger charge is 2.21. The number of nitrogens with one attached hydrogen (secondary N) is 1. The third-order valence-corrected chi connectivity index (χ3v) is 8.95. The van der Waals surface area contributed by atoms with Crippen LogP contribution >= 0.6 is 0 Å². The lowest BCUT2D eigenvalue weighted by Gasteiger charge is -2.29. The van der Waals surface area contributed by atoms with Gasteiger partial charge in [-0.2, -0.15) is 0 Å². The van der Waals surface area contributed by atoms with Crippen molar-refractivity contribution in [3.05, 3.63) is 0 Å². The Bertz CT molecular complexity index is 307. The number of aliphatic hydroxyl groups is 1. The molecule has 0 aromatic heterocycles. The first-order valence-electron chi connectivity index (χ1n) is 5.14. The first kappa shape index (κ1) is 13.4. The second-order valence-corrected chi connectivity index (χ2v) is 9.28. The molecule has 0 spiro atoms. The lowest BCUT2D eigenvalue weighted by Crippen LogP contribution is -2.47. The Balaban J connectivity index is 2.89. The van der Waals surface area contributed by atoms with Crippen LogP contribution in [0.1, 0.15) is 6.92 Å². The van der Waals surface area contributed by atoms with E-state index in [0.29, 0.717) is 24.6 Å². The molecule has 1 aliphatic rings. The van der Waals surface area contributed by atoms with Gasteiger partial charge in [0.2, 0.25) is 0 Å². The van der Waals surface area contributed by atoms with Crippen LogP contribution in [0.15, 0.2) is 0 Å². The Morgan fingerprint density at radius 2 is 2.07 bits per heavy atom. The predicted octanol–water partition coefficient (Wildman–Crippen LogP) is -0.890. The number of hydrogen-bond donors (Lipinski definition) is 3. The van der Waals surface area contributed by atoms with Crippen molar-refractivity contribution >= 4 is 18.4 Å². The summed E-state index contributed by atoms with van der Waals surface area (Å²) < 4.78 is 23.9. The smallest absolute Gasteiger partial charge is 0.170 e. The summed E-state index contributed by atoms with van der Waals surface area (Å²) in [6, 6.07) is 0. The highest BCUT2D eigenvalue weighted by atomic mass is 32.9. The van der Waals surface area contributed by atoms with Gasteiger partial charge in [-0.1, -0.05) is 16.4 Å². The van der Waals surface area contributed by atoms with Crippen LogP contribution in [-0.2, 0) is 18.4 Å². The van der Waals surface area contributed by atoms with E-state index in [1.165, 1.54) is 0 Å². The van der Waals surface area contributed by atoms with Gasteiger partial charge >= 0.3 is 0 Å². The molecule has 92 valence electrons. The summed E-state index contributed by atoms with van der Waals surface area (Å²) in [5, 5.41) is 12.0. The number of nitrogens with zero attached hydrogens (tertiary/aromatic N) is 1. The van der Waals surface area contributed by atoms with Crippen LogP contribution in [0.4, 0.5) is 0 Å². The van der Waals surface area contributed by atoms with Crippen molar-refractivity contribution in [2.24, 2.45) is 0 Å². The van der Waals surface area contributed by atoms with Gasteiger partial charge in [0.1, 0.15) is 0 Å². The van der Waals surface area contributed by atoms with Crippen LogP contribution in [-0.4, -0.2) is 62.5 Å². The summed E-state index contributed by atoms with van der Waals surface area (Å²) in [6.45, 7) is 4.64. The van der Waals surface area contributed by atoms with E-state index in [4.69, 9.17) is 5.11 Å². The first-order chi connectivity index (χ1) is 7.12. The number of piperazine rings is 1. The van der Waals surface area contributed by atoms with E-state index >= 15 is 0 Å². The molecule has 0 aromatic rings. The molecule has 3 N–H and O–H groups in total. The fourth-order valence-electron chi connectivity index (χ4n) is 1.53. The second-order valence-electron chi connectivity index (χ2n) is 3.28. The molecule has 1 heterocycles. The molecule has 1 fully saturated rings. The Morgan fingerprint density at radius 3 is 2.53 bits per heavy atom. The molecule has 0 bridgehead atoms. The molecule has 5 nitrogen and oxygen atoms in total. The third kappa shape index (κ3) is 3.40. The minimum atomic E-state index is -2.93. The molecule has 0 amide bonds. The lowest BCUT2D eigenvalue weighted by atomic mass is 10.4. The van der Waals surface area contributed by atoms with Gasteiger partial charge in [-0.3, -0.25) is 4.55 Å². The Morgan fingerprint density at radius 1 is 1.47 bits per heavy atom. The number of rotatable bonds is 4. The van der Waals surface area contributed by atoms with Gasteiger partial charge in [0, 0.05) is 31.9 Å². The van der Waals surface area contributed by atoms with Gasteiger partial charge in [-0.05, 0) is 5.75 Å². The topological polar surface area (TPSA) is 72.8 Å². The summed E-state index contributed by atoms with van der Waals surface area (Å²) >= 11 is 0. The molecule has 2 atom stereocenters. The van der Waals surface area contributed by atoms with Crippen LogP contribution in [0, 0.1) is 0 Å².